The van der Waals surface area contributed by atoms with Crippen LogP contribution in [0.4, 0.5) is 13.2 Å². The number of aldehydes is 1. The summed E-state index contributed by atoms with van der Waals surface area (Å²) in [6.45, 7) is 1.34. The van der Waals surface area contributed by atoms with Gasteiger partial charge < -0.3 is 4.74 Å². The Bertz CT molecular complexity index is 461. The van der Waals surface area contributed by atoms with E-state index in [1.807, 2.05) is 0 Å². The molecule has 1 aliphatic rings. The van der Waals surface area contributed by atoms with Gasteiger partial charge in [-0.25, -0.2) is 9.97 Å². The maximum atomic E-state index is 12.4. The van der Waals surface area contributed by atoms with E-state index in [-0.39, 0.29) is 18.1 Å². The number of aromatic nitrogens is 2. The first-order chi connectivity index (χ1) is 7.84. The van der Waals surface area contributed by atoms with Crippen molar-refractivity contribution >= 4 is 6.29 Å². The van der Waals surface area contributed by atoms with E-state index in [2.05, 4.69) is 9.97 Å². The maximum Gasteiger partial charge on any atom is 0.392 e. The van der Waals surface area contributed by atoms with Crippen LogP contribution in [-0.4, -0.2) is 22.4 Å². The van der Waals surface area contributed by atoms with Gasteiger partial charge in [-0.15, -0.1) is 0 Å². The minimum absolute atomic E-state index is 0.0288. The van der Waals surface area contributed by atoms with Gasteiger partial charge in [-0.3, -0.25) is 4.79 Å². The van der Waals surface area contributed by atoms with Crippen LogP contribution in [0, 0.1) is 0 Å². The van der Waals surface area contributed by atoms with Crippen LogP contribution in [0.15, 0.2) is 6.20 Å². The zero-order valence-electron chi connectivity index (χ0n) is 8.91. The maximum absolute atomic E-state index is 12.4. The van der Waals surface area contributed by atoms with Gasteiger partial charge in [0.05, 0.1) is 18.7 Å². The molecule has 1 aliphatic heterocycles. The number of ether oxygens (including phenoxy) is 1. The topological polar surface area (TPSA) is 52.1 Å². The first-order valence-electron chi connectivity index (χ1n) is 4.86. The number of carbonyl (C=O) groups is 1. The minimum Gasteiger partial charge on any atom is -0.364 e. The number of hydrogen-bond acceptors (Lipinski definition) is 4. The Morgan fingerprint density at radius 3 is 2.88 bits per heavy atom. The molecular weight excluding hydrogens is 237 g/mol. The molecule has 1 aromatic rings. The van der Waals surface area contributed by atoms with Crippen LogP contribution in [-0.2, 0) is 16.9 Å². The van der Waals surface area contributed by atoms with E-state index in [9.17, 15) is 18.0 Å². The predicted molar refractivity (Wildman–Crippen MR) is 50.2 cm³/mol. The first kappa shape index (κ1) is 12.0. The molecule has 0 aromatic carbocycles. The van der Waals surface area contributed by atoms with Gasteiger partial charge in [0.1, 0.15) is 5.60 Å². The molecule has 7 heteroatoms. The molecule has 0 saturated carbocycles. The summed E-state index contributed by atoms with van der Waals surface area (Å²) in [6, 6.07) is 0. The largest absolute Gasteiger partial charge is 0.392 e. The van der Waals surface area contributed by atoms with Crippen molar-refractivity contribution in [1.29, 1.82) is 0 Å². The Hall–Kier alpha value is -1.50. The average molecular weight is 246 g/mol. The lowest BCUT2D eigenvalue weighted by Gasteiger charge is -2.24. The second-order valence-electron chi connectivity index (χ2n) is 4.03. The van der Waals surface area contributed by atoms with E-state index in [1.165, 1.54) is 13.1 Å². The monoisotopic (exact) mass is 246 g/mol. The standard InChI is InChI=1S/C10H9F3N2O2/c1-9(5-10(11,12)13)8-6(4-17-9)2-14-7(3-16)15-8/h2-3H,4-5H2,1H3. The molecular formula is C10H9F3N2O2. The van der Waals surface area contributed by atoms with Crippen molar-refractivity contribution < 1.29 is 22.7 Å². The Kier molecular flexibility index (Phi) is 2.65. The third-order valence-electron chi connectivity index (χ3n) is 2.57. The smallest absolute Gasteiger partial charge is 0.364 e. The summed E-state index contributed by atoms with van der Waals surface area (Å²) in [5.74, 6) is -0.136. The molecule has 0 N–H and O–H groups in total. The van der Waals surface area contributed by atoms with Crippen LogP contribution in [0.2, 0.25) is 0 Å². The minimum atomic E-state index is -4.36. The van der Waals surface area contributed by atoms with Crippen molar-refractivity contribution in [3.05, 3.63) is 23.3 Å². The molecule has 0 saturated heterocycles. The molecule has 0 radical (unpaired) electrons. The normalized spacial score (nSPS) is 23.5. The molecule has 0 bridgehead atoms. The molecule has 92 valence electrons. The molecule has 2 rings (SSSR count). The highest BCUT2D eigenvalue weighted by atomic mass is 19.4. The predicted octanol–water partition coefficient (Wildman–Crippen LogP) is 1.99. The van der Waals surface area contributed by atoms with Crippen LogP contribution in [0.3, 0.4) is 0 Å². The Morgan fingerprint density at radius 1 is 1.59 bits per heavy atom. The number of alkyl halides is 3. The van der Waals surface area contributed by atoms with Gasteiger partial charge in [0.15, 0.2) is 12.1 Å². The molecule has 0 amide bonds. The van der Waals surface area contributed by atoms with Crippen molar-refractivity contribution in [2.45, 2.75) is 31.7 Å². The van der Waals surface area contributed by atoms with Gasteiger partial charge in [0, 0.05) is 11.8 Å². The fraction of sp³-hybridized carbons (Fsp3) is 0.500. The summed E-state index contributed by atoms with van der Waals surface area (Å²) >= 11 is 0. The number of carbonyl (C=O) groups excluding carboxylic acids is 1. The summed E-state index contributed by atoms with van der Waals surface area (Å²) < 4.78 is 42.5. The zero-order valence-corrected chi connectivity index (χ0v) is 8.91. The van der Waals surface area contributed by atoms with Crippen LogP contribution in [0.25, 0.3) is 0 Å². The average Bonchev–Trinajstić information content (AvgIpc) is 2.53. The highest BCUT2D eigenvalue weighted by Gasteiger charge is 2.46. The third kappa shape index (κ3) is 2.28. The summed E-state index contributed by atoms with van der Waals surface area (Å²) in [5, 5.41) is 0. The van der Waals surface area contributed by atoms with Crippen LogP contribution in [0.5, 0.6) is 0 Å². The van der Waals surface area contributed by atoms with Crippen LogP contribution in [0.1, 0.15) is 35.2 Å². The third-order valence-corrected chi connectivity index (χ3v) is 2.57. The van der Waals surface area contributed by atoms with Crippen molar-refractivity contribution in [1.82, 2.24) is 9.97 Å². The number of fused-ring (bicyclic) bond motifs is 1. The van der Waals surface area contributed by atoms with Crippen molar-refractivity contribution in [2.75, 3.05) is 0 Å². The summed E-state index contributed by atoms with van der Waals surface area (Å²) in [4.78, 5) is 18.0. The van der Waals surface area contributed by atoms with Gasteiger partial charge in [-0.2, -0.15) is 13.2 Å². The molecule has 1 unspecified atom stereocenters. The number of halogens is 3. The quantitative estimate of drug-likeness (QED) is 0.749. The second kappa shape index (κ2) is 3.76. The van der Waals surface area contributed by atoms with Gasteiger partial charge in [0.25, 0.3) is 0 Å². The van der Waals surface area contributed by atoms with Crippen molar-refractivity contribution in [2.24, 2.45) is 0 Å². The molecule has 2 heterocycles. The SMILES string of the molecule is CC1(CC(F)(F)F)OCc2cnc(C=O)nc21. The lowest BCUT2D eigenvalue weighted by molar-refractivity contribution is -0.185. The first-order valence-corrected chi connectivity index (χ1v) is 4.86. The molecule has 0 fully saturated rings. The lowest BCUT2D eigenvalue weighted by atomic mass is 9.96. The Morgan fingerprint density at radius 2 is 2.29 bits per heavy atom. The summed E-state index contributed by atoms with van der Waals surface area (Å²) in [5.41, 5.74) is -0.900. The summed E-state index contributed by atoms with van der Waals surface area (Å²) in [6.07, 6.45) is -3.77. The zero-order chi connectivity index (χ0) is 12.7. The van der Waals surface area contributed by atoms with Gasteiger partial charge in [-0.05, 0) is 6.92 Å². The Labute approximate surface area is 94.8 Å². The number of hydrogen-bond donors (Lipinski definition) is 0. The lowest BCUT2D eigenvalue weighted by Crippen LogP contribution is -2.29. The van der Waals surface area contributed by atoms with Crippen molar-refractivity contribution in [3.8, 4) is 0 Å². The highest BCUT2D eigenvalue weighted by molar-refractivity contribution is 5.68. The molecule has 1 atom stereocenters. The van der Waals surface area contributed by atoms with Gasteiger partial charge in [-0.1, -0.05) is 0 Å². The fourth-order valence-electron chi connectivity index (χ4n) is 1.86. The highest BCUT2D eigenvalue weighted by Crippen LogP contribution is 2.42. The number of nitrogens with zero attached hydrogens (tertiary/aromatic N) is 2. The van der Waals surface area contributed by atoms with E-state index < -0.39 is 18.2 Å². The van der Waals surface area contributed by atoms with Gasteiger partial charge in [0.2, 0.25) is 0 Å². The van der Waals surface area contributed by atoms with E-state index in [1.54, 1.807) is 0 Å². The van der Waals surface area contributed by atoms with E-state index in [0.29, 0.717) is 11.8 Å². The Balaban J connectivity index is 2.40. The molecule has 17 heavy (non-hydrogen) atoms. The van der Waals surface area contributed by atoms with Crippen LogP contribution >= 0.6 is 0 Å². The summed E-state index contributed by atoms with van der Waals surface area (Å²) in [7, 11) is 0. The van der Waals surface area contributed by atoms with E-state index in [0.717, 1.165) is 0 Å². The molecule has 0 spiro atoms. The van der Waals surface area contributed by atoms with E-state index in [4.69, 9.17) is 4.74 Å². The number of rotatable bonds is 2. The molecule has 1 aromatic heterocycles. The fourth-order valence-corrected chi connectivity index (χ4v) is 1.86. The van der Waals surface area contributed by atoms with Gasteiger partial charge >= 0.3 is 6.18 Å². The molecule has 4 nitrogen and oxygen atoms in total. The van der Waals surface area contributed by atoms with E-state index >= 15 is 0 Å². The second-order valence-corrected chi connectivity index (χ2v) is 4.03. The van der Waals surface area contributed by atoms with Crippen molar-refractivity contribution in [3.63, 3.8) is 0 Å². The van der Waals surface area contributed by atoms with Crippen LogP contribution < -0.4 is 0 Å². The molecule has 0 aliphatic carbocycles.